The summed E-state index contributed by atoms with van der Waals surface area (Å²) in [7, 11) is 1.81. The third kappa shape index (κ3) is 4.18. The number of hydrogen-bond acceptors (Lipinski definition) is 4. The summed E-state index contributed by atoms with van der Waals surface area (Å²) in [6.07, 6.45) is 1.46. The fourth-order valence-corrected chi connectivity index (χ4v) is 2.36. The molecule has 0 spiro atoms. The van der Waals surface area contributed by atoms with Crippen LogP contribution in [0.15, 0.2) is 60.8 Å². The van der Waals surface area contributed by atoms with Gasteiger partial charge >= 0.3 is 0 Å². The van der Waals surface area contributed by atoms with Crippen molar-refractivity contribution in [3.63, 3.8) is 0 Å². The van der Waals surface area contributed by atoms with Crippen LogP contribution in [0.3, 0.4) is 0 Å². The third-order valence-corrected chi connectivity index (χ3v) is 3.66. The van der Waals surface area contributed by atoms with Crippen LogP contribution in [0.25, 0.3) is 0 Å². The molecular weight excluding hydrogens is 338 g/mol. The number of nitrogens with zero attached hydrogens (tertiary/aromatic N) is 3. The lowest BCUT2D eigenvalue weighted by molar-refractivity contribution is 0.102. The molecule has 0 aliphatic rings. The predicted molar refractivity (Wildman–Crippen MR) is 94.9 cm³/mol. The van der Waals surface area contributed by atoms with E-state index in [0.717, 1.165) is 17.7 Å². The first-order valence-corrected chi connectivity index (χ1v) is 7.87. The first kappa shape index (κ1) is 17.5. The van der Waals surface area contributed by atoms with Crippen molar-refractivity contribution in [2.75, 3.05) is 17.3 Å². The minimum Gasteiger partial charge on any atom is -0.340 e. The molecule has 2 aromatic carbocycles. The van der Waals surface area contributed by atoms with Crippen LogP contribution >= 0.6 is 0 Å². The first-order chi connectivity index (χ1) is 12.5. The summed E-state index contributed by atoms with van der Waals surface area (Å²) in [5.41, 5.74) is 1.04. The average molecular weight is 354 g/mol. The number of rotatable bonds is 5. The standard InChI is InChI=1S/C19H16F2N4O/c1-25(12-13-5-3-2-4-6-13)19-22-10-9-17(24-19)18(26)23-16-8-7-14(20)11-15(16)21/h2-11H,12H2,1H3,(H,23,26). The Kier molecular flexibility index (Phi) is 5.17. The molecular formula is C19H16F2N4O. The molecule has 0 fully saturated rings. The molecule has 0 unspecified atom stereocenters. The summed E-state index contributed by atoms with van der Waals surface area (Å²) < 4.78 is 26.6. The van der Waals surface area contributed by atoms with Crippen molar-refractivity contribution in [2.45, 2.75) is 6.54 Å². The van der Waals surface area contributed by atoms with Gasteiger partial charge in [-0.05, 0) is 23.8 Å². The number of amides is 1. The summed E-state index contributed by atoms with van der Waals surface area (Å²) >= 11 is 0. The molecule has 0 aliphatic carbocycles. The fourth-order valence-electron chi connectivity index (χ4n) is 2.36. The number of carbonyl (C=O) groups excluding carboxylic acids is 1. The van der Waals surface area contributed by atoms with Gasteiger partial charge in [0.05, 0.1) is 5.69 Å². The highest BCUT2D eigenvalue weighted by Gasteiger charge is 2.14. The van der Waals surface area contributed by atoms with Crippen molar-refractivity contribution in [3.05, 3.63) is 83.7 Å². The molecule has 0 atom stereocenters. The van der Waals surface area contributed by atoms with Gasteiger partial charge in [-0.2, -0.15) is 0 Å². The van der Waals surface area contributed by atoms with Gasteiger partial charge in [0.1, 0.15) is 17.3 Å². The molecule has 1 aromatic heterocycles. The van der Waals surface area contributed by atoms with Gasteiger partial charge in [0.25, 0.3) is 5.91 Å². The van der Waals surface area contributed by atoms with E-state index in [9.17, 15) is 13.6 Å². The van der Waals surface area contributed by atoms with Crippen molar-refractivity contribution in [2.24, 2.45) is 0 Å². The number of anilines is 2. The Morgan fingerprint density at radius 3 is 2.62 bits per heavy atom. The number of aromatic nitrogens is 2. The Balaban J connectivity index is 1.74. The monoisotopic (exact) mass is 354 g/mol. The second-order valence-electron chi connectivity index (χ2n) is 5.66. The van der Waals surface area contributed by atoms with E-state index in [-0.39, 0.29) is 11.4 Å². The SMILES string of the molecule is CN(Cc1ccccc1)c1nccc(C(=O)Nc2ccc(F)cc2F)n1. The lowest BCUT2D eigenvalue weighted by Gasteiger charge is -2.17. The summed E-state index contributed by atoms with van der Waals surface area (Å²) in [5, 5.41) is 2.38. The highest BCUT2D eigenvalue weighted by atomic mass is 19.1. The fraction of sp³-hybridized carbons (Fsp3) is 0.105. The van der Waals surface area contributed by atoms with E-state index in [0.29, 0.717) is 18.6 Å². The molecule has 1 heterocycles. The van der Waals surface area contributed by atoms with Gasteiger partial charge in [-0.3, -0.25) is 4.79 Å². The quantitative estimate of drug-likeness (QED) is 0.760. The van der Waals surface area contributed by atoms with Crippen LogP contribution in [0.4, 0.5) is 20.4 Å². The highest BCUT2D eigenvalue weighted by molar-refractivity contribution is 6.03. The van der Waals surface area contributed by atoms with E-state index in [2.05, 4.69) is 15.3 Å². The van der Waals surface area contributed by atoms with Crippen molar-refractivity contribution >= 4 is 17.5 Å². The number of benzene rings is 2. The van der Waals surface area contributed by atoms with Gasteiger partial charge in [0.2, 0.25) is 5.95 Å². The molecule has 132 valence electrons. The molecule has 0 aliphatic heterocycles. The minimum atomic E-state index is -0.853. The van der Waals surface area contributed by atoms with Crippen LogP contribution in [0.2, 0.25) is 0 Å². The molecule has 0 radical (unpaired) electrons. The zero-order chi connectivity index (χ0) is 18.5. The van der Waals surface area contributed by atoms with Crippen LogP contribution < -0.4 is 10.2 Å². The molecule has 1 N–H and O–H groups in total. The van der Waals surface area contributed by atoms with Crippen LogP contribution in [0.1, 0.15) is 16.1 Å². The second kappa shape index (κ2) is 7.69. The summed E-state index contributed by atoms with van der Waals surface area (Å²) in [6, 6.07) is 14.1. The van der Waals surface area contributed by atoms with E-state index in [4.69, 9.17) is 0 Å². The van der Waals surface area contributed by atoms with Gasteiger partial charge in [0, 0.05) is 25.9 Å². The zero-order valence-electron chi connectivity index (χ0n) is 14.0. The Morgan fingerprint density at radius 2 is 1.88 bits per heavy atom. The average Bonchev–Trinajstić information content (AvgIpc) is 2.65. The van der Waals surface area contributed by atoms with Gasteiger partial charge < -0.3 is 10.2 Å². The smallest absolute Gasteiger partial charge is 0.274 e. The maximum atomic E-state index is 13.7. The predicted octanol–water partition coefficient (Wildman–Crippen LogP) is 3.64. The summed E-state index contributed by atoms with van der Waals surface area (Å²) in [5.74, 6) is -1.81. The molecule has 3 aromatic rings. The molecule has 26 heavy (non-hydrogen) atoms. The van der Waals surface area contributed by atoms with E-state index < -0.39 is 17.5 Å². The maximum Gasteiger partial charge on any atom is 0.274 e. The van der Waals surface area contributed by atoms with Gasteiger partial charge in [-0.25, -0.2) is 18.7 Å². The third-order valence-electron chi connectivity index (χ3n) is 3.66. The number of hydrogen-bond donors (Lipinski definition) is 1. The Morgan fingerprint density at radius 1 is 1.12 bits per heavy atom. The van der Waals surface area contributed by atoms with Crippen molar-refractivity contribution in [3.8, 4) is 0 Å². The van der Waals surface area contributed by atoms with Gasteiger partial charge in [-0.15, -0.1) is 0 Å². The molecule has 0 saturated carbocycles. The van der Waals surface area contributed by atoms with Crippen LogP contribution in [-0.2, 0) is 6.54 Å². The normalized spacial score (nSPS) is 10.4. The molecule has 5 nitrogen and oxygen atoms in total. The highest BCUT2D eigenvalue weighted by Crippen LogP contribution is 2.16. The molecule has 7 heteroatoms. The topological polar surface area (TPSA) is 58.1 Å². The Hall–Kier alpha value is -3.35. The van der Waals surface area contributed by atoms with Crippen molar-refractivity contribution in [1.29, 1.82) is 0 Å². The largest absolute Gasteiger partial charge is 0.340 e. The van der Waals surface area contributed by atoms with Crippen LogP contribution in [0.5, 0.6) is 0 Å². The molecule has 0 bridgehead atoms. The number of nitrogens with one attached hydrogen (secondary N) is 1. The van der Waals surface area contributed by atoms with E-state index in [1.165, 1.54) is 12.3 Å². The van der Waals surface area contributed by atoms with E-state index in [1.807, 2.05) is 37.4 Å². The van der Waals surface area contributed by atoms with Gasteiger partial charge in [0.15, 0.2) is 0 Å². The van der Waals surface area contributed by atoms with Crippen molar-refractivity contribution < 1.29 is 13.6 Å². The van der Waals surface area contributed by atoms with E-state index in [1.54, 1.807) is 4.90 Å². The number of halogens is 2. The van der Waals surface area contributed by atoms with Gasteiger partial charge in [-0.1, -0.05) is 30.3 Å². The second-order valence-corrected chi connectivity index (χ2v) is 5.66. The lowest BCUT2D eigenvalue weighted by atomic mass is 10.2. The maximum absolute atomic E-state index is 13.7. The van der Waals surface area contributed by atoms with Crippen LogP contribution in [0, 0.1) is 11.6 Å². The molecule has 3 rings (SSSR count). The Labute approximate surface area is 149 Å². The van der Waals surface area contributed by atoms with Crippen molar-refractivity contribution in [1.82, 2.24) is 9.97 Å². The Bertz CT molecular complexity index is 918. The van der Waals surface area contributed by atoms with E-state index >= 15 is 0 Å². The molecule has 1 amide bonds. The number of carbonyl (C=O) groups is 1. The lowest BCUT2D eigenvalue weighted by Crippen LogP contribution is -2.21. The van der Waals surface area contributed by atoms with Crippen LogP contribution in [-0.4, -0.2) is 22.9 Å². The zero-order valence-corrected chi connectivity index (χ0v) is 14.0. The summed E-state index contributed by atoms with van der Waals surface area (Å²) in [4.78, 5) is 22.5. The molecule has 0 saturated heterocycles. The minimum absolute atomic E-state index is 0.0821. The first-order valence-electron chi connectivity index (χ1n) is 7.87. The summed E-state index contributed by atoms with van der Waals surface area (Å²) in [6.45, 7) is 0.568.